The number of furan rings is 1. The van der Waals surface area contributed by atoms with Crippen LogP contribution in [0.15, 0.2) is 59.0 Å². The zero-order valence-electron chi connectivity index (χ0n) is 15.5. The van der Waals surface area contributed by atoms with E-state index in [0.717, 1.165) is 28.0 Å². The van der Waals surface area contributed by atoms with Crippen LogP contribution >= 0.6 is 24.2 Å². The van der Waals surface area contributed by atoms with Crippen molar-refractivity contribution < 1.29 is 9.21 Å². The number of nitrogens with one attached hydrogen (secondary N) is 2. The van der Waals surface area contributed by atoms with Crippen LogP contribution in [0.25, 0.3) is 11.0 Å². The molecule has 1 atom stereocenters. The summed E-state index contributed by atoms with van der Waals surface area (Å²) in [7, 11) is 1.88. The Kier molecular flexibility index (Phi) is 8.23. The molecular weight excluding hydrogens is 380 g/mol. The van der Waals surface area contributed by atoms with E-state index in [1.807, 2.05) is 56.4 Å². The van der Waals surface area contributed by atoms with Crippen LogP contribution < -0.4 is 10.6 Å². The molecule has 4 nitrogen and oxygen atoms in total. The van der Waals surface area contributed by atoms with Gasteiger partial charge in [0.25, 0.3) is 5.91 Å². The molecule has 0 fully saturated rings. The first-order valence-corrected chi connectivity index (χ1v) is 9.92. The molecule has 2 aromatic carbocycles. The number of hydrogen-bond acceptors (Lipinski definition) is 4. The highest BCUT2D eigenvalue weighted by molar-refractivity contribution is 7.97. The third kappa shape index (κ3) is 5.51. The Morgan fingerprint density at radius 3 is 2.52 bits per heavy atom. The fourth-order valence-corrected chi connectivity index (χ4v) is 3.72. The monoisotopic (exact) mass is 404 g/mol. The van der Waals surface area contributed by atoms with Crippen LogP contribution in [0.1, 0.15) is 28.6 Å². The molecule has 1 heterocycles. The van der Waals surface area contributed by atoms with E-state index in [9.17, 15) is 4.79 Å². The number of likely N-dealkylation sites (N-methyl/N-ethyl adjacent to an activating group) is 1. The topological polar surface area (TPSA) is 54.3 Å². The Labute approximate surface area is 170 Å². The minimum atomic E-state index is -0.154. The molecule has 6 heteroatoms. The van der Waals surface area contributed by atoms with Crippen molar-refractivity contribution in [1.29, 1.82) is 0 Å². The molecule has 0 radical (unpaired) electrons. The fourth-order valence-electron chi connectivity index (χ4n) is 2.70. The van der Waals surface area contributed by atoms with Crippen LogP contribution in [-0.2, 0) is 11.5 Å². The Morgan fingerprint density at radius 2 is 1.78 bits per heavy atom. The van der Waals surface area contributed by atoms with Crippen LogP contribution in [0.4, 0.5) is 0 Å². The molecule has 1 amide bonds. The van der Waals surface area contributed by atoms with Crippen LogP contribution in [0, 0.1) is 0 Å². The number of halogens is 1. The number of hydrogen-bond donors (Lipinski definition) is 2. The molecule has 3 aromatic rings. The van der Waals surface area contributed by atoms with Crippen molar-refractivity contribution in [1.82, 2.24) is 10.6 Å². The van der Waals surface area contributed by atoms with Gasteiger partial charge in [0, 0.05) is 35.0 Å². The third-order valence-corrected chi connectivity index (χ3v) is 5.35. The van der Waals surface area contributed by atoms with Crippen LogP contribution in [0.3, 0.4) is 0 Å². The lowest BCUT2D eigenvalue weighted by atomic mass is 10.1. The maximum absolute atomic E-state index is 12.6. The van der Waals surface area contributed by atoms with Crippen molar-refractivity contribution in [2.24, 2.45) is 0 Å². The Bertz CT molecular complexity index is 867. The summed E-state index contributed by atoms with van der Waals surface area (Å²) < 4.78 is 5.88. The molecule has 0 saturated heterocycles. The lowest BCUT2D eigenvalue weighted by Crippen LogP contribution is -2.37. The van der Waals surface area contributed by atoms with E-state index in [0.29, 0.717) is 12.3 Å². The van der Waals surface area contributed by atoms with Gasteiger partial charge < -0.3 is 15.1 Å². The Hall–Kier alpha value is -1.95. The van der Waals surface area contributed by atoms with E-state index in [-0.39, 0.29) is 24.4 Å². The van der Waals surface area contributed by atoms with Crippen LogP contribution in [-0.4, -0.2) is 25.5 Å². The molecule has 0 saturated carbocycles. The predicted octanol–water partition coefficient (Wildman–Crippen LogP) is 4.63. The van der Waals surface area contributed by atoms with E-state index >= 15 is 0 Å². The van der Waals surface area contributed by atoms with E-state index < -0.39 is 0 Å². The minimum Gasteiger partial charge on any atom is -0.451 e. The van der Waals surface area contributed by atoms with Crippen molar-refractivity contribution in [3.8, 4) is 0 Å². The minimum absolute atomic E-state index is 0. The summed E-state index contributed by atoms with van der Waals surface area (Å²) in [6.45, 7) is 2.58. The summed E-state index contributed by atoms with van der Waals surface area (Å²) in [5, 5.41) is 7.08. The van der Waals surface area contributed by atoms with Gasteiger partial charge in [-0.2, -0.15) is 11.8 Å². The first kappa shape index (κ1) is 21.4. The molecule has 0 aliphatic carbocycles. The first-order valence-electron chi connectivity index (χ1n) is 8.76. The van der Waals surface area contributed by atoms with Crippen molar-refractivity contribution in [3.63, 3.8) is 0 Å². The first-order chi connectivity index (χ1) is 12.7. The molecule has 144 valence electrons. The number of fused-ring (bicyclic) bond motifs is 1. The number of carbonyl (C=O) groups excluding carboxylic acids is 1. The largest absolute Gasteiger partial charge is 0.451 e. The van der Waals surface area contributed by atoms with Gasteiger partial charge in [0.2, 0.25) is 0 Å². The van der Waals surface area contributed by atoms with Crippen molar-refractivity contribution in [2.45, 2.75) is 24.5 Å². The van der Waals surface area contributed by atoms with Crippen LogP contribution in [0.5, 0.6) is 0 Å². The fraction of sp³-hybridized carbons (Fsp3) is 0.286. The predicted molar refractivity (Wildman–Crippen MR) is 116 cm³/mol. The summed E-state index contributed by atoms with van der Waals surface area (Å²) in [5.41, 5.74) is 3.00. The second-order valence-corrected chi connectivity index (χ2v) is 7.27. The Morgan fingerprint density at radius 1 is 1.07 bits per heavy atom. The summed E-state index contributed by atoms with van der Waals surface area (Å²) in [6.07, 6.45) is 0. The summed E-state index contributed by atoms with van der Waals surface area (Å²) in [6, 6.07) is 18.4. The van der Waals surface area contributed by atoms with Gasteiger partial charge in [-0.1, -0.05) is 48.5 Å². The summed E-state index contributed by atoms with van der Waals surface area (Å²) in [4.78, 5) is 12.6. The second-order valence-electron chi connectivity index (χ2n) is 6.28. The van der Waals surface area contributed by atoms with Gasteiger partial charge in [0.05, 0.1) is 0 Å². The molecule has 0 aliphatic rings. The van der Waals surface area contributed by atoms with E-state index in [2.05, 4.69) is 22.8 Å². The maximum Gasteiger partial charge on any atom is 0.287 e. The quantitative estimate of drug-likeness (QED) is 0.575. The molecule has 3 rings (SSSR count). The standard InChI is InChI=1S/C21H24N2O2S.ClH/c1-15(22-2)12-23-21(24)20-18(17-10-6-7-11-19(17)25-20)14-26-13-16-8-4-3-5-9-16;/h3-11,15,22H,12-14H2,1-2H3,(H,23,24);1H. The summed E-state index contributed by atoms with van der Waals surface area (Å²) in [5.74, 6) is 1.91. The van der Waals surface area contributed by atoms with Crippen LogP contribution in [0.2, 0.25) is 0 Å². The van der Waals surface area contributed by atoms with E-state index in [1.165, 1.54) is 5.56 Å². The molecule has 2 N–H and O–H groups in total. The highest BCUT2D eigenvalue weighted by atomic mass is 35.5. The highest BCUT2D eigenvalue weighted by Crippen LogP contribution is 2.30. The third-order valence-electron chi connectivity index (χ3n) is 4.32. The van der Waals surface area contributed by atoms with Crippen molar-refractivity contribution in [2.75, 3.05) is 13.6 Å². The number of thioether (sulfide) groups is 1. The molecule has 0 aliphatic heterocycles. The zero-order valence-corrected chi connectivity index (χ0v) is 17.2. The number of benzene rings is 2. The molecule has 0 bridgehead atoms. The van der Waals surface area contributed by atoms with E-state index in [4.69, 9.17) is 4.42 Å². The Balaban J connectivity index is 0.00000261. The average molecular weight is 405 g/mol. The van der Waals surface area contributed by atoms with Gasteiger partial charge in [0.1, 0.15) is 5.58 Å². The molecule has 27 heavy (non-hydrogen) atoms. The maximum atomic E-state index is 12.6. The van der Waals surface area contributed by atoms with Gasteiger partial charge >= 0.3 is 0 Å². The smallest absolute Gasteiger partial charge is 0.287 e. The van der Waals surface area contributed by atoms with Gasteiger partial charge in [-0.05, 0) is 25.6 Å². The van der Waals surface area contributed by atoms with E-state index in [1.54, 1.807) is 11.8 Å². The van der Waals surface area contributed by atoms with Crippen molar-refractivity contribution in [3.05, 3.63) is 71.5 Å². The van der Waals surface area contributed by atoms with Gasteiger partial charge in [0.15, 0.2) is 5.76 Å². The average Bonchev–Trinajstić information content (AvgIpc) is 3.05. The molecule has 0 spiro atoms. The second kappa shape index (κ2) is 10.4. The molecule has 1 aromatic heterocycles. The number of amides is 1. The molecule has 1 unspecified atom stereocenters. The normalized spacial score (nSPS) is 11.8. The number of rotatable bonds is 8. The highest BCUT2D eigenvalue weighted by Gasteiger charge is 2.20. The lowest BCUT2D eigenvalue weighted by Gasteiger charge is -2.11. The van der Waals surface area contributed by atoms with Gasteiger partial charge in [-0.3, -0.25) is 4.79 Å². The summed E-state index contributed by atoms with van der Waals surface area (Å²) >= 11 is 1.79. The SMILES string of the molecule is CNC(C)CNC(=O)c1oc2ccccc2c1CSCc1ccccc1.Cl. The van der Waals surface area contributed by atoms with Gasteiger partial charge in [-0.25, -0.2) is 0 Å². The zero-order chi connectivity index (χ0) is 18.4. The lowest BCUT2D eigenvalue weighted by molar-refractivity contribution is 0.0924. The molecular formula is C21H25ClN2O2S. The van der Waals surface area contributed by atoms with Gasteiger partial charge in [-0.15, -0.1) is 12.4 Å². The number of para-hydroxylation sites is 1. The van der Waals surface area contributed by atoms with Crippen molar-refractivity contribution >= 4 is 41.0 Å². The number of carbonyl (C=O) groups is 1.